The monoisotopic (exact) mass is 221 g/mol. The Balaban J connectivity index is 1.87. The number of aromatic amines is 1. The van der Waals surface area contributed by atoms with Gasteiger partial charge in [-0.2, -0.15) is 4.98 Å². The molecule has 0 unspecified atom stereocenters. The molecule has 0 saturated heterocycles. The van der Waals surface area contributed by atoms with E-state index in [9.17, 15) is 0 Å². The van der Waals surface area contributed by atoms with Crippen molar-refractivity contribution in [2.24, 2.45) is 0 Å². The maximum absolute atomic E-state index is 5.51. The number of H-pyrrole nitrogens is 1. The first-order valence-electron chi connectivity index (χ1n) is 4.81. The third kappa shape index (κ3) is 1.46. The Morgan fingerprint density at radius 1 is 1.53 bits per heavy atom. The fourth-order valence-corrected chi connectivity index (χ4v) is 2.72. The van der Waals surface area contributed by atoms with E-state index in [0.717, 1.165) is 19.5 Å². The number of aromatic nitrogens is 3. The second-order valence-electron chi connectivity index (χ2n) is 3.56. The number of nitrogens with two attached hydrogens (primary N) is 1. The summed E-state index contributed by atoms with van der Waals surface area (Å²) in [4.78, 5) is 7.75. The number of thiophene rings is 1. The average molecular weight is 221 g/mol. The zero-order valence-electron chi connectivity index (χ0n) is 8.10. The minimum absolute atomic E-state index is 0.376. The smallest absolute Gasteiger partial charge is 0.246 e. The molecule has 0 bridgehead atoms. The minimum atomic E-state index is 0.376. The highest BCUT2D eigenvalue weighted by Gasteiger charge is 2.19. The van der Waals surface area contributed by atoms with Gasteiger partial charge in [-0.25, -0.2) is 5.10 Å². The van der Waals surface area contributed by atoms with Gasteiger partial charge < -0.3 is 10.6 Å². The molecule has 1 aliphatic rings. The van der Waals surface area contributed by atoms with E-state index in [1.165, 1.54) is 10.4 Å². The summed E-state index contributed by atoms with van der Waals surface area (Å²) in [5.74, 6) is 1.07. The Morgan fingerprint density at radius 2 is 2.47 bits per heavy atom. The van der Waals surface area contributed by atoms with E-state index in [2.05, 4.69) is 31.5 Å². The third-order valence-corrected chi connectivity index (χ3v) is 3.60. The van der Waals surface area contributed by atoms with Gasteiger partial charge in [0.15, 0.2) is 0 Å². The van der Waals surface area contributed by atoms with Gasteiger partial charge in [0.25, 0.3) is 0 Å². The van der Waals surface area contributed by atoms with E-state index < -0.39 is 0 Å². The highest BCUT2D eigenvalue weighted by molar-refractivity contribution is 7.10. The van der Waals surface area contributed by atoms with Crippen LogP contribution in [0.3, 0.4) is 0 Å². The van der Waals surface area contributed by atoms with E-state index in [4.69, 9.17) is 5.73 Å². The summed E-state index contributed by atoms with van der Waals surface area (Å²) in [6, 6.07) is 2.17. The van der Waals surface area contributed by atoms with Gasteiger partial charge in [-0.05, 0) is 23.4 Å². The van der Waals surface area contributed by atoms with Gasteiger partial charge >= 0.3 is 0 Å². The van der Waals surface area contributed by atoms with Crippen LogP contribution in [0.15, 0.2) is 11.4 Å². The van der Waals surface area contributed by atoms with Crippen molar-refractivity contribution in [1.29, 1.82) is 0 Å². The van der Waals surface area contributed by atoms with Crippen LogP contribution in [0.5, 0.6) is 0 Å². The van der Waals surface area contributed by atoms with Crippen molar-refractivity contribution in [3.05, 3.63) is 21.9 Å². The van der Waals surface area contributed by atoms with Crippen molar-refractivity contribution in [3.8, 4) is 0 Å². The van der Waals surface area contributed by atoms with E-state index in [1.54, 1.807) is 0 Å². The first kappa shape index (κ1) is 8.72. The summed E-state index contributed by atoms with van der Waals surface area (Å²) < 4.78 is 0. The van der Waals surface area contributed by atoms with E-state index in [0.29, 0.717) is 11.9 Å². The highest BCUT2D eigenvalue weighted by atomic mass is 32.1. The lowest BCUT2D eigenvalue weighted by Crippen LogP contribution is -2.30. The topological polar surface area (TPSA) is 70.8 Å². The summed E-state index contributed by atoms with van der Waals surface area (Å²) in [6.07, 6.45) is 1.07. The van der Waals surface area contributed by atoms with Crippen LogP contribution < -0.4 is 10.6 Å². The Kier molecular flexibility index (Phi) is 1.88. The second kappa shape index (κ2) is 3.23. The molecule has 0 saturated carbocycles. The van der Waals surface area contributed by atoms with Crippen molar-refractivity contribution < 1.29 is 0 Å². The highest BCUT2D eigenvalue weighted by Crippen LogP contribution is 2.25. The molecule has 78 valence electrons. The molecule has 0 radical (unpaired) electrons. The van der Waals surface area contributed by atoms with Gasteiger partial charge in [0, 0.05) is 18.0 Å². The van der Waals surface area contributed by atoms with Gasteiger partial charge in [0.05, 0.1) is 0 Å². The SMILES string of the molecule is Nc1nc(N2CCc3sccc3C2)n[nH]1. The summed E-state index contributed by atoms with van der Waals surface area (Å²) in [6.45, 7) is 1.85. The van der Waals surface area contributed by atoms with Crippen LogP contribution in [0, 0.1) is 0 Å². The number of nitrogens with zero attached hydrogens (tertiary/aromatic N) is 3. The fourth-order valence-electron chi connectivity index (χ4n) is 1.83. The van der Waals surface area contributed by atoms with Gasteiger partial charge in [-0.3, -0.25) is 0 Å². The molecule has 0 atom stereocenters. The lowest BCUT2D eigenvalue weighted by Gasteiger charge is -2.25. The van der Waals surface area contributed by atoms with Crippen LogP contribution in [0.25, 0.3) is 0 Å². The molecular weight excluding hydrogens is 210 g/mol. The largest absolute Gasteiger partial charge is 0.368 e. The predicted molar refractivity (Wildman–Crippen MR) is 59.9 cm³/mol. The van der Waals surface area contributed by atoms with Crippen LogP contribution in [-0.2, 0) is 13.0 Å². The fraction of sp³-hybridized carbons (Fsp3) is 0.333. The zero-order valence-corrected chi connectivity index (χ0v) is 8.92. The van der Waals surface area contributed by atoms with Crippen LogP contribution in [-0.4, -0.2) is 21.7 Å². The minimum Gasteiger partial charge on any atom is -0.368 e. The quantitative estimate of drug-likeness (QED) is 0.754. The molecule has 1 aliphatic heterocycles. The molecule has 2 aromatic heterocycles. The van der Waals surface area contributed by atoms with Crippen LogP contribution in [0.1, 0.15) is 10.4 Å². The molecule has 0 fully saturated rings. The standard InChI is InChI=1S/C9H11N5S/c10-8-11-9(13-12-8)14-3-1-7-6(5-14)2-4-15-7/h2,4H,1,3,5H2,(H3,10,11,12,13). The van der Waals surface area contributed by atoms with Crippen molar-refractivity contribution in [2.75, 3.05) is 17.2 Å². The second-order valence-corrected chi connectivity index (χ2v) is 4.56. The van der Waals surface area contributed by atoms with Gasteiger partial charge in [-0.15, -0.1) is 16.4 Å². The molecule has 3 rings (SSSR count). The number of nitrogens with one attached hydrogen (secondary N) is 1. The number of nitrogen functional groups attached to an aromatic ring is 1. The average Bonchev–Trinajstić information content (AvgIpc) is 2.84. The Hall–Kier alpha value is -1.56. The lowest BCUT2D eigenvalue weighted by molar-refractivity contribution is 0.720. The van der Waals surface area contributed by atoms with E-state index in [1.807, 2.05) is 11.3 Å². The molecule has 15 heavy (non-hydrogen) atoms. The number of anilines is 2. The molecule has 0 aromatic carbocycles. The summed E-state index contributed by atoms with van der Waals surface area (Å²) in [5.41, 5.74) is 6.89. The summed E-state index contributed by atoms with van der Waals surface area (Å²) in [5, 5.41) is 8.87. The van der Waals surface area contributed by atoms with Gasteiger partial charge in [0.2, 0.25) is 11.9 Å². The van der Waals surface area contributed by atoms with E-state index in [-0.39, 0.29) is 0 Å². The molecule has 3 heterocycles. The summed E-state index contributed by atoms with van der Waals surface area (Å²) in [7, 11) is 0. The first-order chi connectivity index (χ1) is 7.33. The maximum atomic E-state index is 5.51. The molecule has 0 aliphatic carbocycles. The Labute approximate surface area is 90.9 Å². The van der Waals surface area contributed by atoms with Gasteiger partial charge in [0.1, 0.15) is 0 Å². The number of hydrogen-bond acceptors (Lipinski definition) is 5. The first-order valence-corrected chi connectivity index (χ1v) is 5.69. The molecule has 0 spiro atoms. The van der Waals surface area contributed by atoms with E-state index >= 15 is 0 Å². The van der Waals surface area contributed by atoms with Gasteiger partial charge in [-0.1, -0.05) is 0 Å². The third-order valence-electron chi connectivity index (χ3n) is 2.58. The predicted octanol–water partition coefficient (Wildman–Crippen LogP) is 1.01. The lowest BCUT2D eigenvalue weighted by atomic mass is 10.1. The molecule has 2 aromatic rings. The normalized spacial score (nSPS) is 15.3. The number of fused-ring (bicyclic) bond motifs is 1. The molecule has 3 N–H and O–H groups in total. The van der Waals surface area contributed by atoms with Crippen LogP contribution >= 0.6 is 11.3 Å². The molecule has 6 heteroatoms. The zero-order chi connectivity index (χ0) is 10.3. The Morgan fingerprint density at radius 3 is 3.27 bits per heavy atom. The molecular formula is C9H11N5S. The van der Waals surface area contributed by atoms with Crippen molar-refractivity contribution in [1.82, 2.24) is 15.2 Å². The Bertz CT molecular complexity index is 474. The molecule has 0 amide bonds. The van der Waals surface area contributed by atoms with Crippen molar-refractivity contribution >= 4 is 23.2 Å². The van der Waals surface area contributed by atoms with Crippen LogP contribution in [0.4, 0.5) is 11.9 Å². The number of rotatable bonds is 1. The molecule has 5 nitrogen and oxygen atoms in total. The van der Waals surface area contributed by atoms with Crippen molar-refractivity contribution in [2.45, 2.75) is 13.0 Å². The maximum Gasteiger partial charge on any atom is 0.246 e. The number of hydrogen-bond donors (Lipinski definition) is 2. The van der Waals surface area contributed by atoms with Crippen LogP contribution in [0.2, 0.25) is 0 Å². The summed E-state index contributed by atoms with van der Waals surface area (Å²) >= 11 is 1.83. The van der Waals surface area contributed by atoms with Crippen molar-refractivity contribution in [3.63, 3.8) is 0 Å².